The van der Waals surface area contributed by atoms with E-state index < -0.39 is 0 Å². The van der Waals surface area contributed by atoms with Crippen molar-refractivity contribution in [3.8, 4) is 11.5 Å². The average Bonchev–Trinajstić information content (AvgIpc) is 2.92. The van der Waals surface area contributed by atoms with E-state index in [2.05, 4.69) is 0 Å². The van der Waals surface area contributed by atoms with E-state index in [0.717, 1.165) is 5.56 Å². The average molecular weight is 440 g/mol. The number of thioether (sulfide) groups is 1. The molecule has 1 saturated heterocycles. The summed E-state index contributed by atoms with van der Waals surface area (Å²) in [6.07, 6.45) is 1.77. The van der Waals surface area contributed by atoms with E-state index in [4.69, 9.17) is 44.9 Å². The molecule has 140 valence electrons. The van der Waals surface area contributed by atoms with Gasteiger partial charge in [-0.1, -0.05) is 53.2 Å². The molecule has 0 atom stereocenters. The second-order valence-corrected chi connectivity index (χ2v) is 7.95. The van der Waals surface area contributed by atoms with E-state index in [-0.39, 0.29) is 5.91 Å². The van der Waals surface area contributed by atoms with Gasteiger partial charge in [0.05, 0.1) is 34.4 Å². The summed E-state index contributed by atoms with van der Waals surface area (Å²) in [6.45, 7) is 2.44. The maximum atomic E-state index is 12.9. The number of methoxy groups -OCH3 is 1. The van der Waals surface area contributed by atoms with Gasteiger partial charge in [0.2, 0.25) is 0 Å². The number of carbonyl (C=O) groups excluding carboxylic acids is 1. The van der Waals surface area contributed by atoms with Gasteiger partial charge in [0.15, 0.2) is 15.8 Å². The number of halogens is 2. The molecule has 4 nitrogen and oxygen atoms in total. The number of thiocarbonyl (C=S) groups is 1. The summed E-state index contributed by atoms with van der Waals surface area (Å²) < 4.78 is 11.3. The molecule has 0 radical (unpaired) electrons. The fourth-order valence-corrected chi connectivity index (χ4v) is 4.11. The van der Waals surface area contributed by atoms with Gasteiger partial charge in [-0.25, -0.2) is 0 Å². The minimum Gasteiger partial charge on any atom is -0.493 e. The van der Waals surface area contributed by atoms with Crippen LogP contribution in [0.3, 0.4) is 0 Å². The third-order valence-electron chi connectivity index (χ3n) is 3.74. The van der Waals surface area contributed by atoms with Gasteiger partial charge in [-0.05, 0) is 48.9 Å². The number of anilines is 1. The molecule has 3 rings (SSSR count). The molecular formula is C19H15Cl2NO3S2. The van der Waals surface area contributed by atoms with E-state index >= 15 is 0 Å². The summed E-state index contributed by atoms with van der Waals surface area (Å²) in [6, 6.07) is 10.5. The Morgan fingerprint density at radius 2 is 1.93 bits per heavy atom. The van der Waals surface area contributed by atoms with E-state index in [1.807, 2.05) is 25.1 Å². The maximum absolute atomic E-state index is 12.9. The first-order valence-electron chi connectivity index (χ1n) is 7.98. The van der Waals surface area contributed by atoms with Crippen LogP contribution in [0.5, 0.6) is 11.5 Å². The highest BCUT2D eigenvalue weighted by molar-refractivity contribution is 8.27. The Morgan fingerprint density at radius 3 is 2.59 bits per heavy atom. The molecule has 1 fully saturated rings. The van der Waals surface area contributed by atoms with Crippen molar-refractivity contribution in [2.45, 2.75) is 6.92 Å². The van der Waals surface area contributed by atoms with E-state index in [0.29, 0.717) is 43.1 Å². The van der Waals surface area contributed by atoms with Crippen LogP contribution in [-0.2, 0) is 4.79 Å². The highest BCUT2D eigenvalue weighted by Crippen LogP contribution is 2.38. The number of hydrogen-bond acceptors (Lipinski definition) is 5. The van der Waals surface area contributed by atoms with Crippen molar-refractivity contribution in [2.75, 3.05) is 18.6 Å². The lowest BCUT2D eigenvalue weighted by atomic mass is 10.2. The molecule has 1 heterocycles. The van der Waals surface area contributed by atoms with Gasteiger partial charge in [-0.3, -0.25) is 9.69 Å². The summed E-state index contributed by atoms with van der Waals surface area (Å²) in [5.74, 6) is 1.04. The van der Waals surface area contributed by atoms with Crippen molar-refractivity contribution in [3.05, 3.63) is 56.9 Å². The smallest absolute Gasteiger partial charge is 0.270 e. The summed E-state index contributed by atoms with van der Waals surface area (Å²) >= 11 is 18.6. The van der Waals surface area contributed by atoms with Gasteiger partial charge >= 0.3 is 0 Å². The Hall–Kier alpha value is -1.73. The number of benzene rings is 2. The summed E-state index contributed by atoms with van der Waals surface area (Å²) in [5, 5.41) is 0.784. The molecule has 2 aromatic rings. The standard InChI is InChI=1S/C19H15Cl2NO3S2/c1-3-25-15-7-4-11(8-16(15)24-2)9-17-18(23)22(19(26)27-17)12-5-6-13(20)14(21)10-12/h4-10H,3H2,1-2H3. The van der Waals surface area contributed by atoms with Crippen molar-refractivity contribution < 1.29 is 14.3 Å². The maximum Gasteiger partial charge on any atom is 0.270 e. The fraction of sp³-hybridized carbons (Fsp3) is 0.158. The SMILES string of the molecule is CCOc1ccc(C=C2SC(=S)N(c3ccc(Cl)c(Cl)c3)C2=O)cc1OC. The van der Waals surface area contributed by atoms with Crippen LogP contribution in [0.15, 0.2) is 41.3 Å². The molecule has 0 aliphatic carbocycles. The number of nitrogens with zero attached hydrogens (tertiary/aromatic N) is 1. The predicted octanol–water partition coefficient (Wildman–Crippen LogP) is 5.81. The van der Waals surface area contributed by atoms with E-state index in [1.165, 1.54) is 16.7 Å². The minimum absolute atomic E-state index is 0.212. The van der Waals surface area contributed by atoms with Crippen molar-refractivity contribution in [1.82, 2.24) is 0 Å². The van der Waals surface area contributed by atoms with Crippen molar-refractivity contribution in [2.24, 2.45) is 0 Å². The van der Waals surface area contributed by atoms with Crippen LogP contribution in [0, 0.1) is 0 Å². The highest BCUT2D eigenvalue weighted by atomic mass is 35.5. The number of ether oxygens (including phenoxy) is 2. The minimum atomic E-state index is -0.212. The normalized spacial score (nSPS) is 15.6. The monoisotopic (exact) mass is 439 g/mol. The molecule has 0 aromatic heterocycles. The molecule has 0 N–H and O–H groups in total. The molecule has 1 aliphatic heterocycles. The second-order valence-electron chi connectivity index (χ2n) is 5.46. The van der Waals surface area contributed by atoms with E-state index in [1.54, 1.807) is 31.4 Å². The van der Waals surface area contributed by atoms with Gasteiger partial charge < -0.3 is 9.47 Å². The Morgan fingerprint density at radius 1 is 1.15 bits per heavy atom. The molecule has 1 amide bonds. The predicted molar refractivity (Wildman–Crippen MR) is 116 cm³/mol. The zero-order valence-corrected chi connectivity index (χ0v) is 17.6. The number of hydrogen-bond donors (Lipinski definition) is 0. The van der Waals surface area contributed by atoms with Crippen molar-refractivity contribution in [3.63, 3.8) is 0 Å². The third kappa shape index (κ3) is 4.24. The van der Waals surface area contributed by atoms with Crippen LogP contribution in [0.1, 0.15) is 12.5 Å². The van der Waals surface area contributed by atoms with Crippen LogP contribution in [-0.4, -0.2) is 23.9 Å². The molecule has 0 spiro atoms. The molecule has 27 heavy (non-hydrogen) atoms. The van der Waals surface area contributed by atoms with Crippen LogP contribution in [0.25, 0.3) is 6.08 Å². The molecule has 0 saturated carbocycles. The molecule has 8 heteroatoms. The summed E-state index contributed by atoms with van der Waals surface area (Å²) in [4.78, 5) is 14.8. The van der Waals surface area contributed by atoms with Crippen LogP contribution >= 0.6 is 47.2 Å². The first-order valence-corrected chi connectivity index (χ1v) is 9.96. The van der Waals surface area contributed by atoms with Gasteiger partial charge in [-0.15, -0.1) is 0 Å². The zero-order valence-electron chi connectivity index (χ0n) is 14.5. The Kier molecular flexibility index (Phi) is 6.32. The van der Waals surface area contributed by atoms with Gasteiger partial charge in [0, 0.05) is 0 Å². The van der Waals surface area contributed by atoms with Crippen molar-refractivity contribution in [1.29, 1.82) is 0 Å². The van der Waals surface area contributed by atoms with Crippen molar-refractivity contribution >= 4 is 69.2 Å². The van der Waals surface area contributed by atoms with Gasteiger partial charge in [0.1, 0.15) is 0 Å². The molecular weight excluding hydrogens is 425 g/mol. The Balaban J connectivity index is 1.91. The summed E-state index contributed by atoms with van der Waals surface area (Å²) in [7, 11) is 1.57. The lowest BCUT2D eigenvalue weighted by Gasteiger charge is -2.15. The highest BCUT2D eigenvalue weighted by Gasteiger charge is 2.33. The third-order valence-corrected chi connectivity index (χ3v) is 5.78. The van der Waals surface area contributed by atoms with Crippen LogP contribution in [0.4, 0.5) is 5.69 Å². The number of carbonyl (C=O) groups is 1. The first kappa shape index (κ1) is 20.0. The second kappa shape index (κ2) is 8.52. The number of amides is 1. The summed E-state index contributed by atoms with van der Waals surface area (Å²) in [5.41, 5.74) is 1.39. The molecule has 1 aliphatic rings. The molecule has 0 bridgehead atoms. The van der Waals surface area contributed by atoms with Gasteiger partial charge in [-0.2, -0.15) is 0 Å². The van der Waals surface area contributed by atoms with Gasteiger partial charge in [0.25, 0.3) is 5.91 Å². The largest absolute Gasteiger partial charge is 0.493 e. The number of rotatable bonds is 5. The van der Waals surface area contributed by atoms with Crippen LogP contribution in [0.2, 0.25) is 10.0 Å². The fourth-order valence-electron chi connectivity index (χ4n) is 2.51. The van der Waals surface area contributed by atoms with E-state index in [9.17, 15) is 4.79 Å². The lowest BCUT2D eigenvalue weighted by molar-refractivity contribution is -0.113. The lowest BCUT2D eigenvalue weighted by Crippen LogP contribution is -2.27. The first-order chi connectivity index (χ1) is 12.9. The molecule has 2 aromatic carbocycles. The Labute approximate surface area is 177 Å². The topological polar surface area (TPSA) is 38.8 Å². The quantitative estimate of drug-likeness (QED) is 0.434. The Bertz CT molecular complexity index is 947. The molecule has 0 unspecified atom stereocenters. The zero-order chi connectivity index (χ0) is 19.6. The van der Waals surface area contributed by atoms with Crippen LogP contribution < -0.4 is 14.4 Å².